The van der Waals surface area contributed by atoms with Gasteiger partial charge in [0, 0.05) is 0 Å². The van der Waals surface area contributed by atoms with Crippen molar-refractivity contribution in [2.75, 3.05) is 13.8 Å². The fourth-order valence-corrected chi connectivity index (χ4v) is 3.33. The minimum atomic E-state index is -0.648. The first-order valence-electron chi connectivity index (χ1n) is 9.62. The summed E-state index contributed by atoms with van der Waals surface area (Å²) in [7, 11) is 1.57. The van der Waals surface area contributed by atoms with E-state index in [2.05, 4.69) is 0 Å². The first-order chi connectivity index (χ1) is 15.1. The quantitative estimate of drug-likeness (QED) is 0.264. The normalized spacial score (nSPS) is 13.2. The molecule has 0 spiro atoms. The molecule has 6 heteroatoms. The van der Waals surface area contributed by atoms with Gasteiger partial charge in [-0.15, -0.1) is 0 Å². The summed E-state index contributed by atoms with van der Waals surface area (Å²) in [6.45, 7) is -0.465. The molecule has 0 aliphatic carbocycles. The molecule has 0 aromatic heterocycles. The average Bonchev–Trinajstić information content (AvgIpc) is 3.06. The smallest absolute Gasteiger partial charge is 0.340 e. The van der Waals surface area contributed by atoms with Gasteiger partial charge in [0.1, 0.15) is 5.75 Å². The van der Waals surface area contributed by atoms with E-state index in [1.807, 2.05) is 30.3 Å². The van der Waals surface area contributed by atoms with Crippen LogP contribution in [0, 0.1) is 0 Å². The third-order valence-corrected chi connectivity index (χ3v) is 4.91. The number of carbonyl (C=O) groups excluding carboxylic acids is 3. The molecule has 0 saturated carbocycles. The molecule has 154 valence electrons. The molecular weight excluding hydrogens is 394 g/mol. The van der Waals surface area contributed by atoms with Gasteiger partial charge in [-0.2, -0.15) is 0 Å². The van der Waals surface area contributed by atoms with E-state index < -0.39 is 24.5 Å². The van der Waals surface area contributed by atoms with Crippen LogP contribution in [0.15, 0.2) is 78.9 Å². The molecule has 6 nitrogen and oxygen atoms in total. The number of carbonyl (C=O) groups is 3. The third kappa shape index (κ3) is 4.09. The fourth-order valence-electron chi connectivity index (χ4n) is 3.33. The molecule has 1 aliphatic rings. The lowest BCUT2D eigenvalue weighted by Gasteiger charge is -2.15. The zero-order valence-electron chi connectivity index (χ0n) is 16.8. The second-order valence-corrected chi connectivity index (χ2v) is 6.85. The van der Waals surface area contributed by atoms with Crippen molar-refractivity contribution in [2.45, 2.75) is 0 Å². The zero-order valence-corrected chi connectivity index (χ0v) is 16.8. The summed E-state index contributed by atoms with van der Waals surface area (Å²) in [5, 5.41) is 0. The summed E-state index contributed by atoms with van der Waals surface area (Å²) in [6, 6.07) is 22.8. The number of esters is 1. The first kappa shape index (κ1) is 20.1. The SMILES string of the molecule is COc1cccc(C=C(C(=O)OCN2C(=O)c3ccccc3C2=O)c2ccccc2)c1. The Kier molecular flexibility index (Phi) is 5.62. The summed E-state index contributed by atoms with van der Waals surface area (Å²) >= 11 is 0. The minimum absolute atomic E-state index is 0.297. The molecule has 0 radical (unpaired) electrons. The highest BCUT2D eigenvalue weighted by Crippen LogP contribution is 2.25. The van der Waals surface area contributed by atoms with Crippen molar-refractivity contribution in [1.82, 2.24) is 4.90 Å². The van der Waals surface area contributed by atoms with Gasteiger partial charge in [-0.25, -0.2) is 9.69 Å². The number of methoxy groups -OCH3 is 1. The highest BCUT2D eigenvalue weighted by Gasteiger charge is 2.36. The summed E-state index contributed by atoms with van der Waals surface area (Å²) in [5.41, 5.74) is 2.30. The van der Waals surface area contributed by atoms with Crippen LogP contribution >= 0.6 is 0 Å². The van der Waals surface area contributed by atoms with E-state index in [0.29, 0.717) is 28.0 Å². The molecule has 31 heavy (non-hydrogen) atoms. The maximum Gasteiger partial charge on any atom is 0.340 e. The molecule has 1 aliphatic heterocycles. The van der Waals surface area contributed by atoms with Crippen molar-refractivity contribution in [1.29, 1.82) is 0 Å². The van der Waals surface area contributed by atoms with Crippen LogP contribution in [-0.4, -0.2) is 36.5 Å². The second kappa shape index (κ2) is 8.67. The maximum atomic E-state index is 13.0. The molecule has 0 bridgehead atoms. The number of fused-ring (bicyclic) bond motifs is 1. The van der Waals surface area contributed by atoms with Gasteiger partial charge in [-0.1, -0.05) is 54.6 Å². The Balaban J connectivity index is 1.58. The molecular formula is C25H19NO5. The fraction of sp³-hybridized carbons (Fsp3) is 0.0800. The maximum absolute atomic E-state index is 13.0. The van der Waals surface area contributed by atoms with Gasteiger partial charge in [-0.05, 0) is 41.5 Å². The summed E-state index contributed by atoms with van der Waals surface area (Å²) in [5.74, 6) is -0.955. The molecule has 3 aromatic carbocycles. The van der Waals surface area contributed by atoms with Crippen molar-refractivity contribution in [3.63, 3.8) is 0 Å². The van der Waals surface area contributed by atoms with E-state index in [9.17, 15) is 14.4 Å². The average molecular weight is 413 g/mol. The van der Waals surface area contributed by atoms with Gasteiger partial charge in [0.05, 0.1) is 23.8 Å². The van der Waals surface area contributed by atoms with Crippen LogP contribution in [0.5, 0.6) is 5.75 Å². The van der Waals surface area contributed by atoms with Gasteiger partial charge in [-0.3, -0.25) is 9.59 Å². The largest absolute Gasteiger partial charge is 0.497 e. The molecule has 2 amide bonds. The predicted octanol–water partition coefficient (Wildman–Crippen LogP) is 4.03. The standard InChI is InChI=1S/C25H19NO5/c1-30-19-11-7-8-17(14-19)15-22(18-9-3-2-4-10-18)25(29)31-16-26-23(27)20-12-5-6-13-21(20)24(26)28/h2-15H,16H2,1H3. The van der Waals surface area contributed by atoms with Crippen LogP contribution < -0.4 is 4.74 Å². The van der Waals surface area contributed by atoms with Crippen molar-refractivity contribution < 1.29 is 23.9 Å². The Labute approximate surface area is 179 Å². The Bertz CT molecular complexity index is 1150. The Hall–Kier alpha value is -4.19. The summed E-state index contributed by atoms with van der Waals surface area (Å²) in [6.07, 6.45) is 1.68. The molecule has 0 saturated heterocycles. The molecule has 0 N–H and O–H groups in total. The molecule has 0 fully saturated rings. The van der Waals surface area contributed by atoms with Gasteiger partial charge >= 0.3 is 5.97 Å². The lowest BCUT2D eigenvalue weighted by Crippen LogP contribution is -2.33. The van der Waals surface area contributed by atoms with Crippen LogP contribution in [0.4, 0.5) is 0 Å². The minimum Gasteiger partial charge on any atom is -0.497 e. The first-order valence-corrected chi connectivity index (χ1v) is 9.62. The van der Waals surface area contributed by atoms with Crippen LogP contribution in [0.2, 0.25) is 0 Å². The Morgan fingerprint density at radius 2 is 1.52 bits per heavy atom. The van der Waals surface area contributed by atoms with E-state index in [4.69, 9.17) is 9.47 Å². The monoisotopic (exact) mass is 413 g/mol. The Morgan fingerprint density at radius 3 is 2.16 bits per heavy atom. The lowest BCUT2D eigenvalue weighted by atomic mass is 10.0. The van der Waals surface area contributed by atoms with E-state index in [1.165, 1.54) is 0 Å². The van der Waals surface area contributed by atoms with Crippen molar-refractivity contribution >= 4 is 29.4 Å². The van der Waals surface area contributed by atoms with Crippen LogP contribution in [-0.2, 0) is 9.53 Å². The summed E-state index contributed by atoms with van der Waals surface area (Å²) in [4.78, 5) is 38.9. The zero-order chi connectivity index (χ0) is 21.8. The van der Waals surface area contributed by atoms with Gasteiger partial charge in [0.2, 0.25) is 0 Å². The molecule has 0 unspecified atom stereocenters. The van der Waals surface area contributed by atoms with Crippen LogP contribution in [0.25, 0.3) is 11.6 Å². The second-order valence-electron chi connectivity index (χ2n) is 6.85. The van der Waals surface area contributed by atoms with Crippen molar-refractivity contribution in [3.05, 3.63) is 101 Å². The number of hydrogen-bond acceptors (Lipinski definition) is 5. The number of nitrogens with zero attached hydrogens (tertiary/aromatic N) is 1. The molecule has 3 aromatic rings. The highest BCUT2D eigenvalue weighted by molar-refractivity contribution is 6.23. The lowest BCUT2D eigenvalue weighted by molar-refractivity contribution is -0.139. The summed E-state index contributed by atoms with van der Waals surface area (Å²) < 4.78 is 10.6. The Morgan fingerprint density at radius 1 is 0.871 bits per heavy atom. The number of hydrogen-bond donors (Lipinski definition) is 0. The van der Waals surface area contributed by atoms with Crippen LogP contribution in [0.1, 0.15) is 31.8 Å². The third-order valence-electron chi connectivity index (χ3n) is 4.91. The van der Waals surface area contributed by atoms with Gasteiger partial charge in [0.25, 0.3) is 11.8 Å². The molecule has 4 rings (SSSR count). The van der Waals surface area contributed by atoms with Crippen molar-refractivity contribution in [2.24, 2.45) is 0 Å². The van der Waals surface area contributed by atoms with Crippen LogP contribution in [0.3, 0.4) is 0 Å². The van der Waals surface area contributed by atoms with Gasteiger partial charge in [0.15, 0.2) is 6.73 Å². The number of rotatable bonds is 6. The van der Waals surface area contributed by atoms with E-state index in [1.54, 1.807) is 61.7 Å². The highest BCUT2D eigenvalue weighted by atomic mass is 16.5. The van der Waals surface area contributed by atoms with E-state index in [-0.39, 0.29) is 0 Å². The predicted molar refractivity (Wildman–Crippen MR) is 115 cm³/mol. The number of benzene rings is 3. The number of amides is 2. The number of imide groups is 1. The topological polar surface area (TPSA) is 72.9 Å². The molecule has 0 atom stereocenters. The van der Waals surface area contributed by atoms with Crippen molar-refractivity contribution in [3.8, 4) is 5.75 Å². The van der Waals surface area contributed by atoms with E-state index in [0.717, 1.165) is 10.5 Å². The van der Waals surface area contributed by atoms with Gasteiger partial charge < -0.3 is 9.47 Å². The van der Waals surface area contributed by atoms with E-state index >= 15 is 0 Å². The molecule has 1 heterocycles. The number of ether oxygens (including phenoxy) is 2.